The Labute approximate surface area is 288 Å². The number of benzene rings is 7. The van der Waals surface area contributed by atoms with Crippen LogP contribution in [-0.2, 0) is 0 Å². The van der Waals surface area contributed by atoms with Crippen LogP contribution in [0.15, 0.2) is 168 Å². The molecule has 0 amide bonds. The lowest BCUT2D eigenvalue weighted by atomic mass is 9.99. The third-order valence-electron chi connectivity index (χ3n) is 8.90. The second kappa shape index (κ2) is 11.9. The lowest BCUT2D eigenvalue weighted by Gasteiger charge is -2.33. The summed E-state index contributed by atoms with van der Waals surface area (Å²) in [6.07, 6.45) is 0. The SMILES string of the molecule is Cc1cccc(-c2ccc(-c3ccc4c(c3)N(c3ccc(-c5nc(-c6ccc7ccccc7c6)ns5)cc3)c3ccccc3S4)cc2)c1. The first-order chi connectivity index (χ1) is 23.7. The molecular weight excluding hydrogens is 623 g/mol. The summed E-state index contributed by atoms with van der Waals surface area (Å²) in [5, 5.41) is 3.32. The van der Waals surface area contributed by atoms with Gasteiger partial charge in [0.15, 0.2) is 5.82 Å². The van der Waals surface area contributed by atoms with Crippen molar-refractivity contribution in [1.82, 2.24) is 9.36 Å². The maximum atomic E-state index is 4.94. The number of aryl methyl sites for hydroxylation is 1. The van der Waals surface area contributed by atoms with E-state index >= 15 is 0 Å². The number of fused-ring (bicyclic) bond motifs is 3. The first kappa shape index (κ1) is 28.7. The highest BCUT2D eigenvalue weighted by molar-refractivity contribution is 7.99. The van der Waals surface area contributed by atoms with Crippen LogP contribution in [0, 0.1) is 6.92 Å². The highest BCUT2D eigenvalue weighted by Crippen LogP contribution is 2.52. The fraction of sp³-hybridized carbons (Fsp3) is 0.0233. The van der Waals surface area contributed by atoms with Crippen LogP contribution in [0.3, 0.4) is 0 Å². The average Bonchev–Trinajstić information content (AvgIpc) is 3.64. The van der Waals surface area contributed by atoms with Gasteiger partial charge < -0.3 is 4.90 Å². The van der Waals surface area contributed by atoms with Gasteiger partial charge in [-0.3, -0.25) is 0 Å². The summed E-state index contributed by atoms with van der Waals surface area (Å²) >= 11 is 3.27. The van der Waals surface area contributed by atoms with E-state index in [1.54, 1.807) is 0 Å². The zero-order valence-electron chi connectivity index (χ0n) is 26.2. The van der Waals surface area contributed by atoms with Crippen molar-refractivity contribution in [3.63, 3.8) is 0 Å². The number of rotatable bonds is 5. The summed E-state index contributed by atoms with van der Waals surface area (Å²) in [5.74, 6) is 0.764. The predicted octanol–water partition coefficient (Wildman–Crippen LogP) is 12.6. The number of anilines is 3. The topological polar surface area (TPSA) is 29.0 Å². The molecule has 2 heterocycles. The molecule has 1 aliphatic heterocycles. The average molecular weight is 652 g/mol. The monoisotopic (exact) mass is 651 g/mol. The van der Waals surface area contributed by atoms with E-state index in [9.17, 15) is 0 Å². The molecule has 5 heteroatoms. The molecule has 1 aliphatic rings. The summed E-state index contributed by atoms with van der Waals surface area (Å²) in [6, 6.07) is 56.6. The second-order valence-corrected chi connectivity index (χ2v) is 13.9. The summed E-state index contributed by atoms with van der Waals surface area (Å²) in [7, 11) is 0. The van der Waals surface area contributed by atoms with E-state index in [2.05, 4.69) is 170 Å². The van der Waals surface area contributed by atoms with Crippen molar-refractivity contribution in [3.05, 3.63) is 163 Å². The van der Waals surface area contributed by atoms with Crippen molar-refractivity contribution in [2.45, 2.75) is 16.7 Å². The molecule has 0 atom stereocenters. The largest absolute Gasteiger partial charge is 0.308 e. The quantitative estimate of drug-likeness (QED) is 0.185. The van der Waals surface area contributed by atoms with Crippen molar-refractivity contribution in [2.24, 2.45) is 0 Å². The van der Waals surface area contributed by atoms with Crippen molar-refractivity contribution < 1.29 is 0 Å². The molecule has 48 heavy (non-hydrogen) atoms. The fourth-order valence-electron chi connectivity index (χ4n) is 6.43. The van der Waals surface area contributed by atoms with E-state index in [4.69, 9.17) is 9.36 Å². The van der Waals surface area contributed by atoms with Gasteiger partial charge in [-0.15, -0.1) is 0 Å². The Morgan fingerprint density at radius 1 is 0.479 bits per heavy atom. The normalized spacial score (nSPS) is 12.1. The third-order valence-corrected chi connectivity index (χ3v) is 10.8. The van der Waals surface area contributed by atoms with E-state index < -0.39 is 0 Å². The van der Waals surface area contributed by atoms with Crippen LogP contribution < -0.4 is 4.90 Å². The van der Waals surface area contributed by atoms with Gasteiger partial charge in [0.05, 0.1) is 11.4 Å². The van der Waals surface area contributed by atoms with Crippen LogP contribution in [-0.4, -0.2) is 9.36 Å². The Bertz CT molecular complexity index is 2450. The third kappa shape index (κ3) is 5.27. The lowest BCUT2D eigenvalue weighted by Crippen LogP contribution is -2.14. The molecule has 228 valence electrons. The van der Waals surface area contributed by atoms with Crippen LogP contribution in [0.1, 0.15) is 5.56 Å². The van der Waals surface area contributed by atoms with Gasteiger partial charge in [-0.1, -0.05) is 120 Å². The van der Waals surface area contributed by atoms with Crippen molar-refractivity contribution >= 4 is 51.1 Å². The standard InChI is InChI=1S/C43H29N3S2/c1-28-7-6-10-33(25-28)30-13-15-31(16-14-30)35-21-24-41-39(27-35)46(38-11-4-5-12-40(38)47-41)37-22-19-32(20-23-37)43-44-42(45-48-43)36-18-17-29-8-2-3-9-34(29)26-36/h2-27H,1H3. The second-order valence-electron chi connectivity index (χ2n) is 12.1. The van der Waals surface area contributed by atoms with Crippen molar-refractivity contribution in [2.75, 3.05) is 4.90 Å². The van der Waals surface area contributed by atoms with Gasteiger partial charge in [0.1, 0.15) is 5.01 Å². The minimum absolute atomic E-state index is 0.764. The molecule has 8 aromatic rings. The number of para-hydroxylation sites is 1. The summed E-state index contributed by atoms with van der Waals surface area (Å²) in [4.78, 5) is 9.80. The van der Waals surface area contributed by atoms with Gasteiger partial charge in [-0.05, 0) is 106 Å². The van der Waals surface area contributed by atoms with E-state index in [0.717, 1.165) is 27.6 Å². The van der Waals surface area contributed by atoms with Crippen LogP contribution in [0.4, 0.5) is 17.1 Å². The predicted molar refractivity (Wildman–Crippen MR) is 203 cm³/mol. The van der Waals surface area contributed by atoms with E-state index in [1.807, 2.05) is 11.8 Å². The molecule has 3 nitrogen and oxygen atoms in total. The molecule has 9 rings (SSSR count). The lowest BCUT2D eigenvalue weighted by molar-refractivity contribution is 1.17. The molecule has 0 bridgehead atoms. The molecule has 0 saturated heterocycles. The molecular formula is C43H29N3S2. The van der Waals surface area contributed by atoms with Crippen LogP contribution in [0.25, 0.3) is 55.0 Å². The van der Waals surface area contributed by atoms with Gasteiger partial charge in [0.25, 0.3) is 0 Å². The Hall–Kier alpha value is -5.49. The van der Waals surface area contributed by atoms with Gasteiger partial charge in [0, 0.05) is 26.6 Å². The van der Waals surface area contributed by atoms with Gasteiger partial charge >= 0.3 is 0 Å². The molecule has 0 unspecified atom stereocenters. The first-order valence-electron chi connectivity index (χ1n) is 16.0. The Balaban J connectivity index is 1.05. The molecule has 0 saturated carbocycles. The van der Waals surface area contributed by atoms with Crippen molar-refractivity contribution in [3.8, 4) is 44.2 Å². The highest BCUT2D eigenvalue weighted by atomic mass is 32.2. The minimum Gasteiger partial charge on any atom is -0.308 e. The Morgan fingerprint density at radius 3 is 1.96 bits per heavy atom. The van der Waals surface area contributed by atoms with Crippen LogP contribution in [0.2, 0.25) is 0 Å². The number of nitrogens with zero attached hydrogens (tertiary/aromatic N) is 3. The minimum atomic E-state index is 0.764. The maximum absolute atomic E-state index is 4.94. The van der Waals surface area contributed by atoms with Crippen LogP contribution >= 0.6 is 23.3 Å². The molecule has 1 aromatic heterocycles. The first-order valence-corrected chi connectivity index (χ1v) is 17.6. The molecule has 0 fully saturated rings. The molecule has 7 aromatic carbocycles. The van der Waals surface area contributed by atoms with Gasteiger partial charge in [-0.25, -0.2) is 4.98 Å². The molecule has 0 radical (unpaired) electrons. The number of aromatic nitrogens is 2. The maximum Gasteiger partial charge on any atom is 0.173 e. The van der Waals surface area contributed by atoms with Crippen molar-refractivity contribution in [1.29, 1.82) is 0 Å². The Morgan fingerprint density at radius 2 is 1.15 bits per heavy atom. The summed E-state index contributed by atoms with van der Waals surface area (Å²) in [5.41, 5.74) is 11.7. The van der Waals surface area contributed by atoms with Crippen LogP contribution in [0.5, 0.6) is 0 Å². The Kier molecular flexibility index (Phi) is 7.15. The number of hydrogen-bond donors (Lipinski definition) is 0. The van der Waals surface area contributed by atoms with E-state index in [-0.39, 0.29) is 0 Å². The molecule has 0 spiro atoms. The zero-order valence-corrected chi connectivity index (χ0v) is 27.8. The van der Waals surface area contributed by atoms with Gasteiger partial charge in [-0.2, -0.15) is 4.37 Å². The summed E-state index contributed by atoms with van der Waals surface area (Å²) < 4.78 is 4.72. The zero-order chi connectivity index (χ0) is 32.0. The smallest absolute Gasteiger partial charge is 0.173 e. The summed E-state index contributed by atoms with van der Waals surface area (Å²) in [6.45, 7) is 2.14. The fourth-order valence-corrected chi connectivity index (χ4v) is 8.16. The van der Waals surface area contributed by atoms with E-state index in [1.165, 1.54) is 71.3 Å². The van der Waals surface area contributed by atoms with Gasteiger partial charge in [0.2, 0.25) is 0 Å². The van der Waals surface area contributed by atoms with E-state index in [0.29, 0.717) is 0 Å². The molecule has 0 aliphatic carbocycles. The number of hydrogen-bond acceptors (Lipinski definition) is 5. The molecule has 0 N–H and O–H groups in total. The highest BCUT2D eigenvalue weighted by Gasteiger charge is 2.25.